The summed E-state index contributed by atoms with van der Waals surface area (Å²) in [5.74, 6) is 0.854. The van der Waals surface area contributed by atoms with Crippen LogP contribution in [-0.2, 0) is 16.1 Å². The van der Waals surface area contributed by atoms with Crippen LogP contribution in [0.3, 0.4) is 0 Å². The second kappa shape index (κ2) is 7.93. The Hall–Kier alpha value is -3.00. The third-order valence-corrected chi connectivity index (χ3v) is 4.95. The summed E-state index contributed by atoms with van der Waals surface area (Å²) in [6.45, 7) is 6.00. The zero-order valence-electron chi connectivity index (χ0n) is 16.0. The van der Waals surface area contributed by atoms with Gasteiger partial charge < -0.3 is 18.7 Å². The van der Waals surface area contributed by atoms with Crippen LogP contribution in [0.5, 0.6) is 0 Å². The molecule has 0 saturated carbocycles. The molecular formula is C20H23N5O3. The molecule has 8 nitrogen and oxygen atoms in total. The molecule has 1 aliphatic rings. The molecule has 4 heterocycles. The van der Waals surface area contributed by atoms with Gasteiger partial charge in [0.05, 0.1) is 42.1 Å². The molecule has 1 amide bonds. The number of aryl methyl sites for hydroxylation is 3. The SMILES string of the molecule is Cc1noc(C)c1-c1cccc(C2CN(C(=O)CCn3ccnc3)CCO2)n1. The van der Waals surface area contributed by atoms with Gasteiger partial charge in [-0.2, -0.15) is 0 Å². The fourth-order valence-electron chi connectivity index (χ4n) is 3.48. The first-order chi connectivity index (χ1) is 13.6. The third kappa shape index (κ3) is 3.82. The lowest BCUT2D eigenvalue weighted by atomic mass is 10.1. The Balaban J connectivity index is 1.46. The number of pyridine rings is 1. The molecule has 0 bridgehead atoms. The minimum absolute atomic E-state index is 0.115. The van der Waals surface area contributed by atoms with Gasteiger partial charge in [0.2, 0.25) is 5.91 Å². The first kappa shape index (κ1) is 18.4. The molecule has 0 aliphatic carbocycles. The highest BCUT2D eigenvalue weighted by atomic mass is 16.5. The summed E-state index contributed by atoms with van der Waals surface area (Å²) in [6.07, 6.45) is 5.49. The summed E-state index contributed by atoms with van der Waals surface area (Å²) in [5, 5.41) is 4.01. The summed E-state index contributed by atoms with van der Waals surface area (Å²) < 4.78 is 13.1. The maximum absolute atomic E-state index is 12.6. The number of nitrogens with zero attached hydrogens (tertiary/aromatic N) is 5. The average molecular weight is 381 g/mol. The summed E-state index contributed by atoms with van der Waals surface area (Å²) in [7, 11) is 0. The van der Waals surface area contributed by atoms with Crippen LogP contribution in [0.15, 0.2) is 41.4 Å². The third-order valence-electron chi connectivity index (χ3n) is 4.95. The predicted octanol–water partition coefficient (Wildman–Crippen LogP) is 2.54. The van der Waals surface area contributed by atoms with Crippen LogP contribution in [0.1, 0.15) is 29.7 Å². The minimum Gasteiger partial charge on any atom is -0.368 e. The van der Waals surface area contributed by atoms with Crippen molar-refractivity contribution >= 4 is 5.91 Å². The zero-order valence-corrected chi connectivity index (χ0v) is 16.0. The van der Waals surface area contributed by atoms with E-state index >= 15 is 0 Å². The van der Waals surface area contributed by atoms with Gasteiger partial charge >= 0.3 is 0 Å². The van der Waals surface area contributed by atoms with Crippen molar-refractivity contribution < 1.29 is 14.1 Å². The Labute approximate surface area is 163 Å². The van der Waals surface area contributed by atoms with E-state index in [4.69, 9.17) is 14.2 Å². The van der Waals surface area contributed by atoms with Gasteiger partial charge in [0, 0.05) is 31.9 Å². The van der Waals surface area contributed by atoms with Gasteiger partial charge in [-0.05, 0) is 26.0 Å². The smallest absolute Gasteiger partial charge is 0.224 e. The van der Waals surface area contributed by atoms with Crippen LogP contribution in [0.2, 0.25) is 0 Å². The highest BCUT2D eigenvalue weighted by Gasteiger charge is 2.26. The molecule has 1 unspecified atom stereocenters. The summed E-state index contributed by atoms with van der Waals surface area (Å²) in [5.41, 5.74) is 3.33. The first-order valence-corrected chi connectivity index (χ1v) is 9.37. The molecule has 1 aliphatic heterocycles. The Bertz CT molecular complexity index is 931. The van der Waals surface area contributed by atoms with Crippen LogP contribution in [0.4, 0.5) is 0 Å². The molecule has 0 aromatic carbocycles. The number of carbonyl (C=O) groups excluding carboxylic acids is 1. The topological polar surface area (TPSA) is 86.3 Å². The van der Waals surface area contributed by atoms with Gasteiger partial charge in [0.1, 0.15) is 11.9 Å². The summed E-state index contributed by atoms with van der Waals surface area (Å²) in [4.78, 5) is 23.2. The van der Waals surface area contributed by atoms with Crippen molar-refractivity contribution in [3.8, 4) is 11.3 Å². The van der Waals surface area contributed by atoms with E-state index in [-0.39, 0.29) is 12.0 Å². The van der Waals surface area contributed by atoms with Crippen LogP contribution < -0.4 is 0 Å². The number of hydrogen-bond donors (Lipinski definition) is 0. The normalized spacial score (nSPS) is 17.1. The van der Waals surface area contributed by atoms with Gasteiger partial charge in [0.15, 0.2) is 0 Å². The average Bonchev–Trinajstić information content (AvgIpc) is 3.36. The first-order valence-electron chi connectivity index (χ1n) is 9.37. The largest absolute Gasteiger partial charge is 0.368 e. The molecule has 1 saturated heterocycles. The zero-order chi connectivity index (χ0) is 19.5. The van der Waals surface area contributed by atoms with Crippen molar-refractivity contribution in [3.05, 3.63) is 54.1 Å². The van der Waals surface area contributed by atoms with Gasteiger partial charge in [-0.15, -0.1) is 0 Å². The summed E-state index contributed by atoms with van der Waals surface area (Å²) in [6, 6.07) is 5.82. The monoisotopic (exact) mass is 381 g/mol. The van der Waals surface area contributed by atoms with E-state index in [0.717, 1.165) is 28.4 Å². The molecule has 4 rings (SSSR count). The molecule has 0 N–H and O–H groups in total. The Morgan fingerprint density at radius 2 is 2.21 bits per heavy atom. The number of morpholine rings is 1. The molecular weight excluding hydrogens is 358 g/mol. The number of amides is 1. The van der Waals surface area contributed by atoms with E-state index in [1.165, 1.54) is 0 Å². The number of ether oxygens (including phenoxy) is 1. The maximum Gasteiger partial charge on any atom is 0.224 e. The molecule has 8 heteroatoms. The molecule has 146 valence electrons. The molecule has 3 aromatic rings. The quantitative estimate of drug-likeness (QED) is 0.675. The van der Waals surface area contributed by atoms with Crippen LogP contribution in [0, 0.1) is 13.8 Å². The molecule has 0 spiro atoms. The van der Waals surface area contributed by atoms with Gasteiger partial charge in [-0.25, -0.2) is 9.97 Å². The predicted molar refractivity (Wildman–Crippen MR) is 101 cm³/mol. The van der Waals surface area contributed by atoms with E-state index in [9.17, 15) is 4.79 Å². The Morgan fingerprint density at radius 3 is 2.96 bits per heavy atom. The fourth-order valence-corrected chi connectivity index (χ4v) is 3.48. The highest BCUT2D eigenvalue weighted by molar-refractivity contribution is 5.76. The standard InChI is InChI=1S/C20H23N5O3/c1-14-20(15(2)28-23-14)17-5-3-4-16(22-17)18-12-25(10-11-27-18)19(26)6-8-24-9-7-21-13-24/h3-5,7,9,13,18H,6,8,10-12H2,1-2H3. The van der Waals surface area contributed by atoms with E-state index < -0.39 is 0 Å². The highest BCUT2D eigenvalue weighted by Crippen LogP contribution is 2.28. The van der Waals surface area contributed by atoms with Crippen LogP contribution >= 0.6 is 0 Å². The van der Waals surface area contributed by atoms with E-state index in [2.05, 4.69) is 10.1 Å². The van der Waals surface area contributed by atoms with Gasteiger partial charge in [-0.1, -0.05) is 11.2 Å². The van der Waals surface area contributed by atoms with Gasteiger partial charge in [0.25, 0.3) is 0 Å². The number of aromatic nitrogens is 4. The van der Waals surface area contributed by atoms with Crippen molar-refractivity contribution in [1.29, 1.82) is 0 Å². The number of imidazole rings is 1. The fraction of sp³-hybridized carbons (Fsp3) is 0.400. The van der Waals surface area contributed by atoms with Crippen LogP contribution in [0.25, 0.3) is 11.3 Å². The lowest BCUT2D eigenvalue weighted by Gasteiger charge is -2.33. The second-order valence-corrected chi connectivity index (χ2v) is 6.90. The molecule has 0 radical (unpaired) electrons. The van der Waals surface area contributed by atoms with Crippen LogP contribution in [-0.4, -0.2) is 50.2 Å². The number of rotatable bonds is 5. The van der Waals surface area contributed by atoms with Crippen molar-refractivity contribution in [2.24, 2.45) is 0 Å². The van der Waals surface area contributed by atoms with Crippen molar-refractivity contribution in [1.82, 2.24) is 24.6 Å². The lowest BCUT2D eigenvalue weighted by Crippen LogP contribution is -2.42. The molecule has 28 heavy (non-hydrogen) atoms. The van der Waals surface area contributed by atoms with E-state index in [1.54, 1.807) is 12.5 Å². The van der Waals surface area contributed by atoms with E-state index in [0.29, 0.717) is 32.7 Å². The molecule has 3 aromatic heterocycles. The van der Waals surface area contributed by atoms with Crippen molar-refractivity contribution in [2.45, 2.75) is 32.9 Å². The number of carbonyl (C=O) groups is 1. The van der Waals surface area contributed by atoms with Crippen molar-refractivity contribution in [2.75, 3.05) is 19.7 Å². The number of hydrogen-bond acceptors (Lipinski definition) is 6. The maximum atomic E-state index is 12.6. The summed E-state index contributed by atoms with van der Waals surface area (Å²) >= 11 is 0. The van der Waals surface area contributed by atoms with E-state index in [1.807, 2.05) is 47.7 Å². The minimum atomic E-state index is -0.244. The Kier molecular flexibility index (Phi) is 5.21. The molecule has 1 atom stereocenters. The second-order valence-electron chi connectivity index (χ2n) is 6.90. The van der Waals surface area contributed by atoms with Gasteiger partial charge in [-0.3, -0.25) is 4.79 Å². The molecule has 1 fully saturated rings. The Morgan fingerprint density at radius 1 is 1.32 bits per heavy atom. The van der Waals surface area contributed by atoms with Crippen molar-refractivity contribution in [3.63, 3.8) is 0 Å². The lowest BCUT2D eigenvalue weighted by molar-refractivity contribution is -0.139.